The molecule has 1 aliphatic carbocycles. The monoisotopic (exact) mass is 302 g/mol. The number of nitrogens with zero attached hydrogens (tertiary/aromatic N) is 1. The Hall–Kier alpha value is -1.42. The van der Waals surface area contributed by atoms with Gasteiger partial charge in [-0.25, -0.2) is 0 Å². The second-order valence-corrected chi connectivity index (χ2v) is 6.04. The SMILES string of the molecule is Cl.N[C@@H]1C[C@H]1c1ccc(-c2csc3ccccc23)nc1. The summed E-state index contributed by atoms with van der Waals surface area (Å²) in [5.74, 6) is 0.528. The van der Waals surface area contributed by atoms with E-state index >= 15 is 0 Å². The maximum absolute atomic E-state index is 5.88. The predicted molar refractivity (Wildman–Crippen MR) is 87.6 cm³/mol. The number of thiophene rings is 1. The quantitative estimate of drug-likeness (QED) is 0.770. The van der Waals surface area contributed by atoms with Gasteiger partial charge in [0.1, 0.15) is 0 Å². The van der Waals surface area contributed by atoms with Crippen molar-refractivity contribution < 1.29 is 0 Å². The number of hydrogen-bond donors (Lipinski definition) is 1. The number of pyridine rings is 1. The van der Waals surface area contributed by atoms with Gasteiger partial charge in [-0.05, 0) is 24.1 Å². The fraction of sp³-hybridized carbons (Fsp3) is 0.188. The largest absolute Gasteiger partial charge is 0.327 e. The molecule has 0 aliphatic heterocycles. The van der Waals surface area contributed by atoms with Crippen LogP contribution in [0.5, 0.6) is 0 Å². The molecule has 4 rings (SSSR count). The summed E-state index contributed by atoms with van der Waals surface area (Å²) in [6, 6.07) is 13.1. The normalized spacial score (nSPS) is 20.6. The van der Waals surface area contributed by atoms with Gasteiger partial charge in [0.25, 0.3) is 0 Å². The highest BCUT2D eigenvalue weighted by atomic mass is 35.5. The molecule has 2 heterocycles. The molecule has 2 nitrogen and oxygen atoms in total. The number of nitrogens with two attached hydrogens (primary N) is 1. The van der Waals surface area contributed by atoms with Gasteiger partial charge >= 0.3 is 0 Å². The Morgan fingerprint density at radius 3 is 2.65 bits per heavy atom. The van der Waals surface area contributed by atoms with Crippen LogP contribution in [0.1, 0.15) is 17.9 Å². The Kier molecular flexibility index (Phi) is 3.50. The van der Waals surface area contributed by atoms with E-state index in [1.54, 1.807) is 11.3 Å². The maximum atomic E-state index is 5.88. The lowest BCUT2D eigenvalue weighted by atomic mass is 10.1. The Bertz CT molecular complexity index is 736. The van der Waals surface area contributed by atoms with Crippen LogP contribution in [0.15, 0.2) is 48.0 Å². The van der Waals surface area contributed by atoms with Crippen molar-refractivity contribution in [1.82, 2.24) is 4.98 Å². The first kappa shape index (κ1) is 13.6. The van der Waals surface area contributed by atoms with Crippen molar-refractivity contribution in [1.29, 1.82) is 0 Å². The second kappa shape index (κ2) is 5.17. The first-order valence-electron chi connectivity index (χ1n) is 6.51. The Balaban J connectivity index is 0.00000121. The average molecular weight is 303 g/mol. The predicted octanol–water partition coefficient (Wildman–Crippen LogP) is 4.20. The van der Waals surface area contributed by atoms with Crippen molar-refractivity contribution in [2.45, 2.75) is 18.4 Å². The zero-order valence-electron chi connectivity index (χ0n) is 10.8. The van der Waals surface area contributed by atoms with Crippen LogP contribution in [-0.4, -0.2) is 11.0 Å². The molecule has 1 aromatic carbocycles. The summed E-state index contributed by atoms with van der Waals surface area (Å²) < 4.78 is 1.31. The summed E-state index contributed by atoms with van der Waals surface area (Å²) in [6.45, 7) is 0. The van der Waals surface area contributed by atoms with Crippen LogP contribution in [0.4, 0.5) is 0 Å². The minimum atomic E-state index is 0. The number of halogens is 1. The van der Waals surface area contributed by atoms with E-state index in [9.17, 15) is 0 Å². The second-order valence-electron chi connectivity index (χ2n) is 5.13. The molecule has 1 saturated carbocycles. The summed E-state index contributed by atoms with van der Waals surface area (Å²) in [5.41, 5.74) is 9.43. The van der Waals surface area contributed by atoms with Gasteiger partial charge in [0.15, 0.2) is 0 Å². The minimum absolute atomic E-state index is 0. The summed E-state index contributed by atoms with van der Waals surface area (Å²) >= 11 is 1.77. The number of fused-ring (bicyclic) bond motifs is 1. The third-order valence-corrected chi connectivity index (χ3v) is 4.77. The van der Waals surface area contributed by atoms with E-state index in [0.717, 1.165) is 12.1 Å². The highest BCUT2D eigenvalue weighted by Gasteiger charge is 2.34. The van der Waals surface area contributed by atoms with E-state index in [-0.39, 0.29) is 12.4 Å². The fourth-order valence-corrected chi connectivity index (χ4v) is 3.51. The molecule has 2 atom stereocenters. The van der Waals surface area contributed by atoms with Crippen LogP contribution in [0.25, 0.3) is 21.3 Å². The molecule has 1 fully saturated rings. The van der Waals surface area contributed by atoms with E-state index in [0.29, 0.717) is 12.0 Å². The zero-order chi connectivity index (χ0) is 12.8. The molecule has 4 heteroatoms. The van der Waals surface area contributed by atoms with Gasteiger partial charge in [-0.1, -0.05) is 24.3 Å². The Morgan fingerprint density at radius 2 is 1.95 bits per heavy atom. The Morgan fingerprint density at radius 1 is 1.15 bits per heavy atom. The van der Waals surface area contributed by atoms with Gasteiger partial charge in [0.05, 0.1) is 5.69 Å². The number of benzene rings is 1. The van der Waals surface area contributed by atoms with Gasteiger partial charge in [0.2, 0.25) is 0 Å². The molecule has 0 radical (unpaired) electrons. The third kappa shape index (κ3) is 2.22. The summed E-state index contributed by atoms with van der Waals surface area (Å²) in [5, 5.41) is 3.48. The Labute approximate surface area is 128 Å². The van der Waals surface area contributed by atoms with E-state index in [2.05, 4.69) is 46.8 Å². The highest BCUT2D eigenvalue weighted by Crippen LogP contribution is 2.39. The van der Waals surface area contributed by atoms with Crippen LogP contribution in [0.2, 0.25) is 0 Å². The van der Waals surface area contributed by atoms with Crippen molar-refractivity contribution in [3.8, 4) is 11.3 Å². The first-order chi connectivity index (χ1) is 9.33. The van der Waals surface area contributed by atoms with Gasteiger partial charge in [-0.3, -0.25) is 4.98 Å². The van der Waals surface area contributed by atoms with Gasteiger partial charge < -0.3 is 5.73 Å². The molecule has 0 unspecified atom stereocenters. The summed E-state index contributed by atoms with van der Waals surface area (Å²) in [4.78, 5) is 4.62. The smallest absolute Gasteiger partial charge is 0.0716 e. The maximum Gasteiger partial charge on any atom is 0.0716 e. The number of hydrogen-bond acceptors (Lipinski definition) is 3. The van der Waals surface area contributed by atoms with E-state index in [1.165, 1.54) is 21.2 Å². The molecule has 0 saturated heterocycles. The van der Waals surface area contributed by atoms with Crippen LogP contribution < -0.4 is 5.73 Å². The van der Waals surface area contributed by atoms with Gasteiger partial charge in [-0.15, -0.1) is 23.7 Å². The lowest BCUT2D eigenvalue weighted by Crippen LogP contribution is -2.01. The molecule has 0 spiro atoms. The summed E-state index contributed by atoms with van der Waals surface area (Å²) in [6.07, 6.45) is 3.09. The summed E-state index contributed by atoms with van der Waals surface area (Å²) in [7, 11) is 0. The van der Waals surface area contributed by atoms with E-state index < -0.39 is 0 Å². The standard InChI is InChI=1S/C16H14N2S.ClH/c17-14-7-12(14)10-5-6-15(18-8-10)13-9-19-16-4-2-1-3-11(13)16;/h1-6,8-9,12,14H,7,17H2;1H/t12-,14+;/m0./s1. The van der Waals surface area contributed by atoms with Crippen molar-refractivity contribution in [3.63, 3.8) is 0 Å². The molecule has 0 amide bonds. The van der Waals surface area contributed by atoms with E-state index in [1.807, 2.05) is 6.20 Å². The first-order valence-corrected chi connectivity index (χ1v) is 7.39. The molecule has 102 valence electrons. The fourth-order valence-electron chi connectivity index (χ4n) is 2.56. The zero-order valence-corrected chi connectivity index (χ0v) is 12.5. The molecule has 2 N–H and O–H groups in total. The molecular formula is C16H15ClN2S. The van der Waals surface area contributed by atoms with Gasteiger partial charge in [-0.2, -0.15) is 0 Å². The van der Waals surface area contributed by atoms with Crippen molar-refractivity contribution >= 4 is 33.8 Å². The van der Waals surface area contributed by atoms with E-state index in [4.69, 9.17) is 5.73 Å². The minimum Gasteiger partial charge on any atom is -0.327 e. The van der Waals surface area contributed by atoms with Crippen LogP contribution in [-0.2, 0) is 0 Å². The van der Waals surface area contributed by atoms with Crippen molar-refractivity contribution in [2.24, 2.45) is 5.73 Å². The lowest BCUT2D eigenvalue weighted by molar-refractivity contribution is 0.981. The number of rotatable bonds is 2. The molecule has 3 aromatic rings. The lowest BCUT2D eigenvalue weighted by Gasteiger charge is -2.02. The number of aromatic nitrogens is 1. The van der Waals surface area contributed by atoms with Crippen molar-refractivity contribution in [2.75, 3.05) is 0 Å². The highest BCUT2D eigenvalue weighted by molar-refractivity contribution is 7.17. The van der Waals surface area contributed by atoms with Crippen molar-refractivity contribution in [3.05, 3.63) is 53.5 Å². The third-order valence-electron chi connectivity index (χ3n) is 3.81. The van der Waals surface area contributed by atoms with Gasteiger partial charge in [0, 0.05) is 39.2 Å². The van der Waals surface area contributed by atoms with Crippen LogP contribution >= 0.6 is 23.7 Å². The molecule has 20 heavy (non-hydrogen) atoms. The average Bonchev–Trinajstić information content (AvgIpc) is 3.03. The molecular weight excluding hydrogens is 288 g/mol. The molecule has 1 aliphatic rings. The molecule has 2 aromatic heterocycles. The van der Waals surface area contributed by atoms with Crippen LogP contribution in [0, 0.1) is 0 Å². The molecule has 0 bridgehead atoms. The van der Waals surface area contributed by atoms with Crippen LogP contribution in [0.3, 0.4) is 0 Å². The topological polar surface area (TPSA) is 38.9 Å².